The lowest BCUT2D eigenvalue weighted by Gasteiger charge is -2.40. The molecule has 0 spiro atoms. The Kier molecular flexibility index (Phi) is 45.1. The van der Waals surface area contributed by atoms with Crippen LogP contribution in [0.15, 0.2) is 72.9 Å². The summed E-state index contributed by atoms with van der Waals surface area (Å²) in [7, 11) is 0. The molecule has 0 aromatic rings. The second kappa shape index (κ2) is 49.1. The van der Waals surface area contributed by atoms with Crippen LogP contribution in [-0.4, -0.2) is 89.2 Å². The molecule has 1 heterocycles. The van der Waals surface area contributed by atoms with E-state index in [1.807, 2.05) is 0 Å². The number of carbonyl (C=O) groups is 4. The van der Waals surface area contributed by atoms with Gasteiger partial charge in [-0.25, -0.2) is 4.79 Å². The summed E-state index contributed by atoms with van der Waals surface area (Å²) in [6.07, 6.45) is 48.7. The molecule has 12 nitrogen and oxygen atoms in total. The van der Waals surface area contributed by atoms with Gasteiger partial charge in [0.05, 0.1) is 6.61 Å². The Morgan fingerprint density at radius 1 is 0.466 bits per heavy atom. The molecule has 3 N–H and O–H groups in total. The second-order valence-electron chi connectivity index (χ2n) is 19.5. The van der Waals surface area contributed by atoms with Gasteiger partial charge in [0.2, 0.25) is 0 Å². The van der Waals surface area contributed by atoms with E-state index in [2.05, 4.69) is 93.7 Å². The van der Waals surface area contributed by atoms with Crippen LogP contribution >= 0.6 is 0 Å². The van der Waals surface area contributed by atoms with Crippen LogP contribution in [0.4, 0.5) is 0 Å². The minimum Gasteiger partial charge on any atom is -0.479 e. The molecule has 6 atom stereocenters. The van der Waals surface area contributed by atoms with Gasteiger partial charge in [0.25, 0.3) is 0 Å². The maximum atomic E-state index is 13.1. The molecule has 1 saturated heterocycles. The molecule has 1 rings (SSSR count). The van der Waals surface area contributed by atoms with Gasteiger partial charge in [-0.2, -0.15) is 0 Å². The monoisotopic (exact) mass is 1030 g/mol. The number of allylic oxidation sites excluding steroid dienone is 12. The first-order valence-corrected chi connectivity index (χ1v) is 28.9. The lowest BCUT2D eigenvalue weighted by molar-refractivity contribution is -0.301. The van der Waals surface area contributed by atoms with E-state index in [4.69, 9.17) is 23.7 Å². The molecule has 1 aliphatic rings. The Morgan fingerprint density at radius 3 is 1.38 bits per heavy atom. The van der Waals surface area contributed by atoms with Crippen molar-refractivity contribution in [2.24, 2.45) is 0 Å². The van der Waals surface area contributed by atoms with Gasteiger partial charge in [0, 0.05) is 19.3 Å². The van der Waals surface area contributed by atoms with Gasteiger partial charge < -0.3 is 39.0 Å². The number of hydrogen-bond acceptors (Lipinski definition) is 11. The summed E-state index contributed by atoms with van der Waals surface area (Å²) in [5.74, 6) is -3.16. The molecule has 73 heavy (non-hydrogen) atoms. The Morgan fingerprint density at radius 2 is 0.890 bits per heavy atom. The first-order chi connectivity index (χ1) is 35.6. The van der Waals surface area contributed by atoms with Gasteiger partial charge in [-0.3, -0.25) is 14.4 Å². The maximum Gasteiger partial charge on any atom is 0.335 e. The number of aliphatic hydroxyl groups is 2. The number of aliphatic carboxylic acids is 1. The van der Waals surface area contributed by atoms with Crippen LogP contribution in [0.5, 0.6) is 0 Å². The number of ether oxygens (including phenoxy) is 5. The topological polar surface area (TPSA) is 175 Å². The van der Waals surface area contributed by atoms with Crippen LogP contribution in [0.3, 0.4) is 0 Å². The average Bonchev–Trinajstić information content (AvgIpc) is 3.37. The van der Waals surface area contributed by atoms with Crippen molar-refractivity contribution in [1.29, 1.82) is 0 Å². The SMILES string of the molecule is CC/C=C\C/C=C\C/C=C\CCCCCCCCCC(=O)OCC(COC1OC(C(=O)O)C(O)C(O)C1OC(=O)CCCCCCC/C=C\C/C=C\CCC)OC(=O)CCCCCCC/C=C\CCCCCC. The highest BCUT2D eigenvalue weighted by atomic mass is 16.7. The molecule has 0 saturated carbocycles. The zero-order valence-electron chi connectivity index (χ0n) is 45.9. The van der Waals surface area contributed by atoms with Crippen LogP contribution in [0.2, 0.25) is 0 Å². The van der Waals surface area contributed by atoms with Gasteiger partial charge >= 0.3 is 23.9 Å². The Labute approximate surface area is 442 Å². The van der Waals surface area contributed by atoms with Crippen molar-refractivity contribution in [1.82, 2.24) is 0 Å². The summed E-state index contributed by atoms with van der Waals surface area (Å²) in [5.41, 5.74) is 0. The van der Waals surface area contributed by atoms with E-state index in [0.717, 1.165) is 148 Å². The minimum absolute atomic E-state index is 0.0407. The van der Waals surface area contributed by atoms with Gasteiger partial charge in [-0.15, -0.1) is 0 Å². The highest BCUT2D eigenvalue weighted by Crippen LogP contribution is 2.26. The van der Waals surface area contributed by atoms with Crippen LogP contribution in [0, 0.1) is 0 Å². The van der Waals surface area contributed by atoms with Crippen molar-refractivity contribution < 1.29 is 58.2 Å². The van der Waals surface area contributed by atoms with Crippen molar-refractivity contribution >= 4 is 23.9 Å². The van der Waals surface area contributed by atoms with Crippen molar-refractivity contribution in [3.05, 3.63) is 72.9 Å². The molecule has 1 fully saturated rings. The lowest BCUT2D eigenvalue weighted by Crippen LogP contribution is -2.61. The quantitative estimate of drug-likeness (QED) is 0.0228. The molecule has 418 valence electrons. The van der Waals surface area contributed by atoms with Gasteiger partial charge in [0.15, 0.2) is 24.6 Å². The number of aliphatic hydroxyl groups excluding tert-OH is 2. The molecule has 0 amide bonds. The number of rotatable bonds is 48. The maximum absolute atomic E-state index is 13.1. The zero-order chi connectivity index (χ0) is 53.3. The first kappa shape index (κ1) is 67.2. The predicted octanol–water partition coefficient (Wildman–Crippen LogP) is 14.6. The zero-order valence-corrected chi connectivity index (χ0v) is 45.9. The number of carboxylic acid groups (broad SMARTS) is 1. The van der Waals surface area contributed by atoms with Crippen molar-refractivity contribution in [3.8, 4) is 0 Å². The number of carboxylic acids is 1. The van der Waals surface area contributed by atoms with Crippen molar-refractivity contribution in [2.75, 3.05) is 13.2 Å². The summed E-state index contributed by atoms with van der Waals surface area (Å²) in [4.78, 5) is 51.0. The molecule has 0 radical (unpaired) electrons. The van der Waals surface area contributed by atoms with E-state index in [0.29, 0.717) is 19.3 Å². The van der Waals surface area contributed by atoms with Crippen LogP contribution in [-0.2, 0) is 42.9 Å². The third-order valence-electron chi connectivity index (χ3n) is 12.7. The molecular formula is C61H102O12. The number of hydrogen-bond donors (Lipinski definition) is 3. The van der Waals surface area contributed by atoms with E-state index in [1.165, 1.54) is 32.1 Å². The molecule has 0 aromatic carbocycles. The van der Waals surface area contributed by atoms with Gasteiger partial charge in [-0.05, 0) is 103 Å². The third-order valence-corrected chi connectivity index (χ3v) is 12.7. The van der Waals surface area contributed by atoms with E-state index in [1.54, 1.807) is 0 Å². The molecule has 1 aliphatic heterocycles. The minimum atomic E-state index is -1.91. The fraction of sp³-hybridized carbons (Fsp3) is 0.738. The molecule has 12 heteroatoms. The smallest absolute Gasteiger partial charge is 0.335 e. The molecular weight excluding hydrogens is 925 g/mol. The highest BCUT2D eigenvalue weighted by molar-refractivity contribution is 5.74. The van der Waals surface area contributed by atoms with Crippen LogP contribution < -0.4 is 0 Å². The summed E-state index contributed by atoms with van der Waals surface area (Å²) in [6.45, 7) is 5.77. The van der Waals surface area contributed by atoms with Crippen molar-refractivity contribution in [3.63, 3.8) is 0 Å². The number of carbonyl (C=O) groups excluding carboxylic acids is 3. The molecule has 6 unspecified atom stereocenters. The van der Waals surface area contributed by atoms with Crippen molar-refractivity contribution in [2.45, 2.75) is 276 Å². The van der Waals surface area contributed by atoms with Gasteiger partial charge in [0.1, 0.15) is 18.8 Å². The van der Waals surface area contributed by atoms with E-state index < -0.39 is 67.3 Å². The summed E-state index contributed by atoms with van der Waals surface area (Å²) in [6, 6.07) is 0. The fourth-order valence-corrected chi connectivity index (χ4v) is 8.30. The Bertz CT molecular complexity index is 1550. The largest absolute Gasteiger partial charge is 0.479 e. The van der Waals surface area contributed by atoms with Gasteiger partial charge in [-0.1, -0.05) is 190 Å². The summed E-state index contributed by atoms with van der Waals surface area (Å²) >= 11 is 0. The molecule has 0 bridgehead atoms. The standard InChI is InChI=1S/C61H102O12/c1-4-7-10-13-16-19-22-25-26-27-28-31-32-35-38-41-44-47-53(62)69-50-52(71-54(63)48-45-42-39-36-33-29-23-20-17-14-11-8-5-2)51-70-61-59(57(66)56(65)58(73-61)60(67)68)72-55(64)49-46-43-40-37-34-30-24-21-18-15-12-9-6-3/h7,10,12,15-16,19-21,23-26,52,56-59,61,65-66H,4-6,8-9,11,13-14,17-18,22,27-51H2,1-3H3,(H,67,68)/b10-7-,15-12-,19-16-,23-20-,24-21-,26-25-. The lowest BCUT2D eigenvalue weighted by atomic mass is 9.98. The van der Waals surface area contributed by atoms with E-state index in [-0.39, 0.29) is 25.9 Å². The summed E-state index contributed by atoms with van der Waals surface area (Å²) in [5, 5.41) is 31.4. The Balaban J connectivity index is 2.71. The Hall–Kier alpha value is -3.84. The molecule has 0 aliphatic carbocycles. The van der Waals surface area contributed by atoms with Crippen LogP contribution in [0.1, 0.15) is 239 Å². The predicted molar refractivity (Wildman–Crippen MR) is 294 cm³/mol. The highest BCUT2D eigenvalue weighted by Gasteiger charge is 2.50. The molecule has 0 aromatic heterocycles. The normalized spacial score (nSPS) is 18.8. The third kappa shape index (κ3) is 39.3. The number of esters is 3. The van der Waals surface area contributed by atoms with E-state index >= 15 is 0 Å². The average molecular weight is 1030 g/mol. The summed E-state index contributed by atoms with van der Waals surface area (Å²) < 4.78 is 28.4. The van der Waals surface area contributed by atoms with E-state index in [9.17, 15) is 34.5 Å². The number of unbranched alkanes of at least 4 members (excludes halogenated alkanes) is 22. The second-order valence-corrected chi connectivity index (χ2v) is 19.5. The fourth-order valence-electron chi connectivity index (χ4n) is 8.30. The first-order valence-electron chi connectivity index (χ1n) is 28.9. The van der Waals surface area contributed by atoms with Crippen LogP contribution in [0.25, 0.3) is 0 Å².